The van der Waals surface area contributed by atoms with Crippen LogP contribution in [0.2, 0.25) is 0 Å². The third-order valence-electron chi connectivity index (χ3n) is 4.90. The van der Waals surface area contributed by atoms with E-state index < -0.39 is 17.4 Å². The van der Waals surface area contributed by atoms with Crippen molar-refractivity contribution in [1.29, 1.82) is 0 Å². The summed E-state index contributed by atoms with van der Waals surface area (Å²) < 4.78 is 14.0. The van der Waals surface area contributed by atoms with Gasteiger partial charge < -0.3 is 10.4 Å². The maximum Gasteiger partial charge on any atom is 0.306 e. The lowest BCUT2D eigenvalue weighted by atomic mass is 9.81. The van der Waals surface area contributed by atoms with Crippen molar-refractivity contribution in [3.63, 3.8) is 0 Å². The average molecular weight is 305 g/mol. The second kappa shape index (κ2) is 5.71. The van der Waals surface area contributed by atoms with Crippen LogP contribution in [0.1, 0.15) is 44.1 Å². The van der Waals surface area contributed by atoms with Gasteiger partial charge in [0, 0.05) is 11.5 Å². The molecular weight excluding hydrogens is 285 g/mol. The van der Waals surface area contributed by atoms with E-state index in [4.69, 9.17) is 5.11 Å². The lowest BCUT2D eigenvalue weighted by Gasteiger charge is -2.28. The Labute approximate surface area is 128 Å². The van der Waals surface area contributed by atoms with Crippen molar-refractivity contribution in [2.45, 2.75) is 44.1 Å². The number of benzene rings is 1. The lowest BCUT2D eigenvalue weighted by molar-refractivity contribution is -0.144. The first-order valence-electron chi connectivity index (χ1n) is 7.82. The van der Waals surface area contributed by atoms with E-state index in [0.717, 1.165) is 19.3 Å². The van der Waals surface area contributed by atoms with Crippen LogP contribution in [0.25, 0.3) is 0 Å². The Morgan fingerprint density at radius 1 is 1.18 bits per heavy atom. The molecule has 22 heavy (non-hydrogen) atoms. The van der Waals surface area contributed by atoms with Gasteiger partial charge in [-0.05, 0) is 38.2 Å². The van der Waals surface area contributed by atoms with Gasteiger partial charge in [-0.15, -0.1) is 0 Å². The van der Waals surface area contributed by atoms with Crippen LogP contribution in [-0.2, 0) is 15.1 Å². The second-order valence-electron chi connectivity index (χ2n) is 6.45. The molecule has 0 bridgehead atoms. The third kappa shape index (κ3) is 2.85. The topological polar surface area (TPSA) is 66.4 Å². The number of amides is 1. The van der Waals surface area contributed by atoms with Crippen LogP contribution in [0.15, 0.2) is 24.3 Å². The van der Waals surface area contributed by atoms with Gasteiger partial charge in [-0.3, -0.25) is 9.59 Å². The Kier molecular flexibility index (Phi) is 3.89. The average Bonchev–Trinajstić information content (AvgIpc) is 3.28. The fourth-order valence-electron chi connectivity index (χ4n) is 3.43. The molecule has 0 heterocycles. The van der Waals surface area contributed by atoms with Crippen molar-refractivity contribution in [1.82, 2.24) is 5.32 Å². The number of hydrogen-bond donors (Lipinski definition) is 2. The summed E-state index contributed by atoms with van der Waals surface area (Å²) in [6, 6.07) is 6.52. The predicted molar refractivity (Wildman–Crippen MR) is 78.5 cm³/mol. The van der Waals surface area contributed by atoms with Gasteiger partial charge in [-0.2, -0.15) is 0 Å². The van der Waals surface area contributed by atoms with Crippen LogP contribution in [0.4, 0.5) is 4.39 Å². The molecule has 2 N–H and O–H groups in total. The zero-order valence-corrected chi connectivity index (χ0v) is 12.3. The molecule has 5 heteroatoms. The maximum absolute atomic E-state index is 14.0. The highest BCUT2D eigenvalue weighted by Crippen LogP contribution is 2.47. The number of carboxylic acid groups (broad SMARTS) is 1. The van der Waals surface area contributed by atoms with Crippen molar-refractivity contribution in [2.75, 3.05) is 0 Å². The summed E-state index contributed by atoms with van der Waals surface area (Å²) in [7, 11) is 0. The predicted octanol–water partition coefficient (Wildman–Crippen LogP) is 2.82. The zero-order valence-electron chi connectivity index (χ0n) is 12.3. The number of carbonyl (C=O) groups excluding carboxylic acids is 1. The molecule has 118 valence electrons. The smallest absolute Gasteiger partial charge is 0.306 e. The van der Waals surface area contributed by atoms with E-state index in [1.54, 1.807) is 18.2 Å². The molecule has 2 aliphatic rings. The quantitative estimate of drug-likeness (QED) is 0.899. The van der Waals surface area contributed by atoms with E-state index in [1.807, 2.05) is 0 Å². The van der Waals surface area contributed by atoms with Gasteiger partial charge in [0.05, 0.1) is 11.5 Å². The van der Waals surface area contributed by atoms with E-state index in [9.17, 15) is 14.0 Å². The SMILES string of the molecule is O=C(O)C1CCCC(C(=O)NC2(c3ccccc3F)CC2)C1. The van der Waals surface area contributed by atoms with Crippen LogP contribution in [0.5, 0.6) is 0 Å². The highest BCUT2D eigenvalue weighted by atomic mass is 19.1. The molecule has 1 aromatic rings. The van der Waals surface area contributed by atoms with Crippen LogP contribution in [-0.4, -0.2) is 17.0 Å². The first kappa shape index (κ1) is 15.0. The molecular formula is C17H20FNO3. The normalized spacial score (nSPS) is 26.2. The van der Waals surface area contributed by atoms with Crippen LogP contribution in [0.3, 0.4) is 0 Å². The first-order valence-corrected chi connectivity index (χ1v) is 7.82. The van der Waals surface area contributed by atoms with Gasteiger partial charge >= 0.3 is 5.97 Å². The van der Waals surface area contributed by atoms with Crippen LogP contribution < -0.4 is 5.32 Å². The third-order valence-corrected chi connectivity index (χ3v) is 4.90. The fraction of sp³-hybridized carbons (Fsp3) is 0.529. The maximum atomic E-state index is 14.0. The number of aliphatic carboxylic acids is 1. The Bertz CT molecular complexity index is 597. The van der Waals surface area contributed by atoms with Gasteiger partial charge in [0.15, 0.2) is 0 Å². The van der Waals surface area contributed by atoms with Crippen molar-refractivity contribution >= 4 is 11.9 Å². The zero-order chi connectivity index (χ0) is 15.7. The summed E-state index contributed by atoms with van der Waals surface area (Å²) in [6.07, 6.45) is 3.94. The van der Waals surface area contributed by atoms with E-state index in [2.05, 4.69) is 5.32 Å². The molecule has 1 aromatic carbocycles. The highest BCUT2D eigenvalue weighted by Gasteiger charge is 2.48. The molecule has 2 saturated carbocycles. The lowest BCUT2D eigenvalue weighted by Crippen LogP contribution is -2.41. The van der Waals surface area contributed by atoms with E-state index in [0.29, 0.717) is 24.8 Å². The molecule has 0 radical (unpaired) electrons. The second-order valence-corrected chi connectivity index (χ2v) is 6.45. The van der Waals surface area contributed by atoms with Crippen molar-refractivity contribution in [3.8, 4) is 0 Å². The molecule has 0 aliphatic heterocycles. The molecule has 1 amide bonds. The molecule has 2 aliphatic carbocycles. The largest absolute Gasteiger partial charge is 0.481 e. The Morgan fingerprint density at radius 2 is 1.86 bits per heavy atom. The van der Waals surface area contributed by atoms with E-state index in [1.165, 1.54) is 6.07 Å². The summed E-state index contributed by atoms with van der Waals surface area (Å²) in [5, 5.41) is 12.1. The molecule has 2 fully saturated rings. The summed E-state index contributed by atoms with van der Waals surface area (Å²) in [4.78, 5) is 23.6. The minimum atomic E-state index is -0.826. The standard InChI is InChI=1S/C17H20FNO3/c18-14-7-2-1-6-13(14)17(8-9-17)19-15(20)11-4-3-5-12(10-11)16(21)22/h1-2,6-7,11-12H,3-5,8-10H2,(H,19,20)(H,21,22). The van der Waals surface area contributed by atoms with E-state index in [-0.39, 0.29) is 17.6 Å². The Hall–Kier alpha value is -1.91. The van der Waals surface area contributed by atoms with Crippen LogP contribution in [0, 0.1) is 17.7 Å². The number of carboxylic acids is 1. The summed E-state index contributed by atoms with van der Waals surface area (Å²) in [5.41, 5.74) is -0.0487. The summed E-state index contributed by atoms with van der Waals surface area (Å²) in [6.45, 7) is 0. The van der Waals surface area contributed by atoms with Crippen molar-refractivity contribution < 1.29 is 19.1 Å². The molecule has 3 rings (SSSR count). The van der Waals surface area contributed by atoms with E-state index >= 15 is 0 Å². The molecule has 4 nitrogen and oxygen atoms in total. The summed E-state index contributed by atoms with van der Waals surface area (Å²) in [5.74, 6) is -1.97. The highest BCUT2D eigenvalue weighted by molar-refractivity contribution is 5.81. The Morgan fingerprint density at radius 3 is 2.50 bits per heavy atom. The summed E-state index contributed by atoms with van der Waals surface area (Å²) >= 11 is 0. The number of carbonyl (C=O) groups is 2. The fourth-order valence-corrected chi connectivity index (χ4v) is 3.43. The first-order chi connectivity index (χ1) is 10.5. The number of hydrogen-bond acceptors (Lipinski definition) is 2. The van der Waals surface area contributed by atoms with Crippen LogP contribution >= 0.6 is 0 Å². The number of rotatable bonds is 4. The van der Waals surface area contributed by atoms with Gasteiger partial charge in [0.1, 0.15) is 5.82 Å². The van der Waals surface area contributed by atoms with Crippen molar-refractivity contribution in [3.05, 3.63) is 35.6 Å². The minimum absolute atomic E-state index is 0.133. The monoisotopic (exact) mass is 305 g/mol. The molecule has 2 atom stereocenters. The van der Waals surface area contributed by atoms with Gasteiger partial charge in [-0.25, -0.2) is 4.39 Å². The number of halogens is 1. The number of nitrogens with one attached hydrogen (secondary N) is 1. The van der Waals surface area contributed by atoms with Crippen molar-refractivity contribution in [2.24, 2.45) is 11.8 Å². The minimum Gasteiger partial charge on any atom is -0.481 e. The molecule has 0 spiro atoms. The Balaban J connectivity index is 1.69. The molecule has 0 aromatic heterocycles. The van der Waals surface area contributed by atoms with Gasteiger partial charge in [0.2, 0.25) is 5.91 Å². The van der Waals surface area contributed by atoms with Gasteiger partial charge in [-0.1, -0.05) is 24.6 Å². The van der Waals surface area contributed by atoms with Gasteiger partial charge in [0.25, 0.3) is 0 Å². The molecule has 0 saturated heterocycles. The molecule has 2 unspecified atom stereocenters.